The fourth-order valence-corrected chi connectivity index (χ4v) is 1.03. The van der Waals surface area contributed by atoms with Crippen LogP contribution in [0.4, 0.5) is 0 Å². The molecule has 0 saturated carbocycles. The first-order valence-corrected chi connectivity index (χ1v) is 4.41. The van der Waals surface area contributed by atoms with Crippen LogP contribution in [0.1, 0.15) is 51.9 Å². The monoisotopic (exact) mass is 139 g/mol. The average Bonchev–Trinajstić information content (AvgIpc) is 1.97. The van der Waals surface area contributed by atoms with Crippen LogP contribution in [0.5, 0.6) is 0 Å². The van der Waals surface area contributed by atoms with E-state index in [2.05, 4.69) is 19.6 Å². The molecule has 0 amide bonds. The van der Waals surface area contributed by atoms with Gasteiger partial charge < -0.3 is 0 Å². The highest BCUT2D eigenvalue weighted by molar-refractivity contribution is 4.55. The van der Waals surface area contributed by atoms with Crippen LogP contribution in [0.2, 0.25) is 0 Å². The van der Waals surface area contributed by atoms with E-state index >= 15 is 0 Å². The Labute approximate surface area is 65.3 Å². The number of allylic oxidation sites excluding steroid dienone is 1. The molecule has 0 spiro atoms. The summed E-state index contributed by atoms with van der Waals surface area (Å²) in [6, 6.07) is 0. The van der Waals surface area contributed by atoms with Crippen molar-refractivity contribution in [3.05, 3.63) is 12.7 Å². The second-order valence-electron chi connectivity index (χ2n) is 2.77. The fraction of sp³-hybridized carbons (Fsp3) is 0.800. The summed E-state index contributed by atoms with van der Waals surface area (Å²) >= 11 is 0. The highest BCUT2D eigenvalue weighted by Crippen LogP contribution is 2.06. The minimum Gasteiger partial charge on any atom is -0.0956 e. The Morgan fingerprint density at radius 2 is 1.60 bits per heavy atom. The molecule has 0 nitrogen and oxygen atoms in total. The van der Waals surface area contributed by atoms with Gasteiger partial charge in [0.15, 0.2) is 0 Å². The van der Waals surface area contributed by atoms with Crippen LogP contribution in [0, 0.1) is 6.08 Å². The summed E-state index contributed by atoms with van der Waals surface area (Å²) in [7, 11) is 0. The first kappa shape index (κ1) is 9.74. The zero-order valence-corrected chi connectivity index (χ0v) is 7.16. The maximum absolute atomic E-state index is 3.57. The molecule has 59 valence electrons. The van der Waals surface area contributed by atoms with Crippen LogP contribution in [-0.4, -0.2) is 0 Å². The molecule has 10 heavy (non-hydrogen) atoms. The molecule has 0 aliphatic carbocycles. The van der Waals surface area contributed by atoms with Gasteiger partial charge in [0.05, 0.1) is 0 Å². The van der Waals surface area contributed by atoms with Crippen molar-refractivity contribution >= 4 is 0 Å². The molecule has 0 rings (SSSR count). The van der Waals surface area contributed by atoms with Crippen LogP contribution in [0.3, 0.4) is 0 Å². The molecule has 0 aliphatic heterocycles. The van der Waals surface area contributed by atoms with Crippen molar-refractivity contribution in [1.82, 2.24) is 0 Å². The molecule has 0 heterocycles. The van der Waals surface area contributed by atoms with Crippen LogP contribution in [-0.2, 0) is 0 Å². The Balaban J connectivity index is 2.70. The van der Waals surface area contributed by atoms with E-state index in [1.807, 2.05) is 0 Å². The molecule has 0 saturated heterocycles. The van der Waals surface area contributed by atoms with Crippen molar-refractivity contribution in [2.75, 3.05) is 0 Å². The first-order valence-electron chi connectivity index (χ1n) is 4.41. The van der Waals surface area contributed by atoms with Gasteiger partial charge in [0, 0.05) is 0 Å². The van der Waals surface area contributed by atoms with Crippen LogP contribution in [0.15, 0.2) is 6.58 Å². The molecule has 0 aliphatic rings. The van der Waals surface area contributed by atoms with Gasteiger partial charge in [-0.05, 0) is 12.8 Å². The smallest absolute Gasteiger partial charge is 0.0282 e. The second kappa shape index (κ2) is 8.74. The Morgan fingerprint density at radius 3 is 2.20 bits per heavy atom. The van der Waals surface area contributed by atoms with Gasteiger partial charge in [-0.15, -0.1) is 0 Å². The number of hydrogen-bond donors (Lipinski definition) is 0. The minimum atomic E-state index is 1.08. The molecule has 0 aromatic heterocycles. The summed E-state index contributed by atoms with van der Waals surface area (Å²) in [4.78, 5) is 0. The minimum absolute atomic E-state index is 1.08. The zero-order valence-electron chi connectivity index (χ0n) is 7.16. The van der Waals surface area contributed by atoms with Crippen molar-refractivity contribution in [1.29, 1.82) is 0 Å². The Kier molecular flexibility index (Phi) is 8.51. The van der Waals surface area contributed by atoms with Crippen LogP contribution < -0.4 is 0 Å². The van der Waals surface area contributed by atoms with E-state index in [4.69, 9.17) is 0 Å². The standard InChI is InChI=1S/C10H19/c1-3-5-7-9-10-8-6-4-2/h1,4-10H2,2H3. The number of rotatable bonds is 7. The summed E-state index contributed by atoms with van der Waals surface area (Å²) in [5.41, 5.74) is 0. The third-order valence-corrected chi connectivity index (χ3v) is 1.71. The average molecular weight is 139 g/mol. The lowest BCUT2D eigenvalue weighted by Crippen LogP contribution is -1.77. The summed E-state index contributed by atoms with van der Waals surface area (Å²) in [5.74, 6) is 0. The molecule has 0 heteroatoms. The normalized spacial score (nSPS) is 9.70. The highest BCUT2D eigenvalue weighted by atomic mass is 13.9. The van der Waals surface area contributed by atoms with E-state index in [1.54, 1.807) is 0 Å². The van der Waals surface area contributed by atoms with Gasteiger partial charge in [0.25, 0.3) is 0 Å². The Morgan fingerprint density at radius 1 is 1.00 bits per heavy atom. The molecule has 0 aromatic rings. The zero-order chi connectivity index (χ0) is 7.66. The van der Waals surface area contributed by atoms with E-state index in [9.17, 15) is 0 Å². The van der Waals surface area contributed by atoms with Crippen LogP contribution in [0.25, 0.3) is 0 Å². The Hall–Kier alpha value is -0.260. The van der Waals surface area contributed by atoms with Gasteiger partial charge in [-0.25, -0.2) is 0 Å². The number of unbranched alkanes of at least 4 members (excludes halogenated alkanes) is 6. The molecular weight excluding hydrogens is 120 g/mol. The summed E-state index contributed by atoms with van der Waals surface area (Å²) in [6.45, 7) is 5.82. The maximum Gasteiger partial charge on any atom is -0.0282 e. The molecular formula is C10H19. The van der Waals surface area contributed by atoms with Gasteiger partial charge in [-0.1, -0.05) is 51.7 Å². The predicted octanol–water partition coefficient (Wildman–Crippen LogP) is 3.73. The van der Waals surface area contributed by atoms with Crippen LogP contribution >= 0.6 is 0 Å². The topological polar surface area (TPSA) is 0 Å². The molecule has 0 atom stereocenters. The lowest BCUT2D eigenvalue weighted by Gasteiger charge is -1.96. The highest BCUT2D eigenvalue weighted by Gasteiger charge is 1.86. The fourth-order valence-electron chi connectivity index (χ4n) is 1.03. The molecule has 0 bridgehead atoms. The van der Waals surface area contributed by atoms with Gasteiger partial charge in [0.1, 0.15) is 0 Å². The summed E-state index contributed by atoms with van der Waals surface area (Å²) in [5, 5.41) is 0. The van der Waals surface area contributed by atoms with Gasteiger partial charge >= 0.3 is 0 Å². The maximum atomic E-state index is 3.57. The van der Waals surface area contributed by atoms with E-state index in [0.717, 1.165) is 6.42 Å². The number of hydrogen-bond acceptors (Lipinski definition) is 0. The van der Waals surface area contributed by atoms with E-state index in [-0.39, 0.29) is 0 Å². The summed E-state index contributed by atoms with van der Waals surface area (Å²) in [6.07, 6.45) is 12.2. The van der Waals surface area contributed by atoms with Crippen molar-refractivity contribution < 1.29 is 0 Å². The second-order valence-corrected chi connectivity index (χ2v) is 2.77. The van der Waals surface area contributed by atoms with E-state index < -0.39 is 0 Å². The van der Waals surface area contributed by atoms with Crippen molar-refractivity contribution in [3.8, 4) is 0 Å². The molecule has 0 unspecified atom stereocenters. The lowest BCUT2D eigenvalue weighted by molar-refractivity contribution is 0.609. The van der Waals surface area contributed by atoms with E-state index in [0.29, 0.717) is 0 Å². The van der Waals surface area contributed by atoms with Gasteiger partial charge in [-0.3, -0.25) is 0 Å². The molecule has 1 radical (unpaired) electrons. The Bertz CT molecular complexity index is 64.4. The first-order chi connectivity index (χ1) is 4.91. The molecule has 0 aromatic carbocycles. The quantitative estimate of drug-likeness (QED) is 0.471. The lowest BCUT2D eigenvalue weighted by atomic mass is 10.1. The molecule has 0 N–H and O–H groups in total. The van der Waals surface area contributed by atoms with E-state index in [1.165, 1.54) is 38.5 Å². The third-order valence-electron chi connectivity index (χ3n) is 1.71. The third kappa shape index (κ3) is 7.74. The van der Waals surface area contributed by atoms with Gasteiger partial charge in [-0.2, -0.15) is 0 Å². The largest absolute Gasteiger partial charge is 0.0956 e. The van der Waals surface area contributed by atoms with Crippen molar-refractivity contribution in [3.63, 3.8) is 0 Å². The molecule has 0 fully saturated rings. The van der Waals surface area contributed by atoms with Crippen molar-refractivity contribution in [2.24, 2.45) is 0 Å². The summed E-state index contributed by atoms with van der Waals surface area (Å²) < 4.78 is 0. The van der Waals surface area contributed by atoms with Crippen molar-refractivity contribution in [2.45, 2.75) is 51.9 Å². The SMILES string of the molecule is C=[C]CCCCCCCC. The predicted molar refractivity (Wildman–Crippen MR) is 46.9 cm³/mol. The van der Waals surface area contributed by atoms with Gasteiger partial charge in [0.2, 0.25) is 0 Å².